The molecule has 0 spiro atoms. The van der Waals surface area contributed by atoms with Gasteiger partial charge in [-0.15, -0.1) is 0 Å². The molecule has 11 heteroatoms. The quantitative estimate of drug-likeness (QED) is 0.482. The van der Waals surface area contributed by atoms with Crippen molar-refractivity contribution in [3.05, 3.63) is 52.5 Å². The average molecular weight is 477 g/mol. The van der Waals surface area contributed by atoms with Gasteiger partial charge in [0.1, 0.15) is 0 Å². The Labute approximate surface area is 182 Å². The van der Waals surface area contributed by atoms with Crippen molar-refractivity contribution < 1.29 is 31.5 Å². The van der Waals surface area contributed by atoms with Crippen LogP contribution in [0.1, 0.15) is 42.1 Å². The summed E-state index contributed by atoms with van der Waals surface area (Å²) in [5.41, 5.74) is -1.28. The van der Waals surface area contributed by atoms with Crippen LogP contribution < -0.4 is 10.0 Å². The molecule has 0 aromatic heterocycles. The lowest BCUT2D eigenvalue weighted by molar-refractivity contribution is -0.139. The summed E-state index contributed by atoms with van der Waals surface area (Å²) in [7, 11) is -4.39. The number of rotatable bonds is 8. The third-order valence-electron chi connectivity index (χ3n) is 4.81. The molecule has 1 aliphatic carbocycles. The van der Waals surface area contributed by atoms with E-state index < -0.39 is 38.7 Å². The third-order valence-corrected chi connectivity index (χ3v) is 6.77. The van der Waals surface area contributed by atoms with E-state index in [-0.39, 0.29) is 22.0 Å². The van der Waals surface area contributed by atoms with Gasteiger partial charge < -0.3 is 10.4 Å². The summed E-state index contributed by atoms with van der Waals surface area (Å²) >= 11 is 6.01. The van der Waals surface area contributed by atoms with Gasteiger partial charge in [0.2, 0.25) is 10.0 Å². The first-order chi connectivity index (χ1) is 14.4. The summed E-state index contributed by atoms with van der Waals surface area (Å²) in [4.78, 5) is 10.1. The van der Waals surface area contributed by atoms with E-state index in [1.54, 1.807) is 6.92 Å². The average Bonchev–Trinajstić information content (AvgIpc) is 3.45. The molecule has 168 valence electrons. The van der Waals surface area contributed by atoms with Crippen molar-refractivity contribution in [3.8, 4) is 0 Å². The molecule has 1 unspecified atom stereocenters. The number of carboxylic acids is 1. The van der Waals surface area contributed by atoms with Crippen molar-refractivity contribution in [2.45, 2.75) is 43.3 Å². The number of carboxylic acid groups (broad SMARTS) is 1. The first kappa shape index (κ1) is 23.4. The Morgan fingerprint density at radius 3 is 2.45 bits per heavy atom. The summed E-state index contributed by atoms with van der Waals surface area (Å²) in [6.07, 6.45) is -2.35. The number of hydrogen-bond acceptors (Lipinski definition) is 4. The maximum Gasteiger partial charge on any atom is 0.417 e. The van der Waals surface area contributed by atoms with E-state index in [1.165, 1.54) is 18.2 Å². The van der Waals surface area contributed by atoms with Crippen LogP contribution in [0.2, 0.25) is 5.02 Å². The minimum atomic E-state index is -4.92. The van der Waals surface area contributed by atoms with Gasteiger partial charge in [0.15, 0.2) is 0 Å². The highest BCUT2D eigenvalue weighted by molar-refractivity contribution is 7.89. The minimum Gasteiger partial charge on any atom is -0.478 e. The van der Waals surface area contributed by atoms with Crippen molar-refractivity contribution in [2.75, 3.05) is 5.32 Å². The van der Waals surface area contributed by atoms with E-state index in [2.05, 4.69) is 10.0 Å². The second-order valence-electron chi connectivity index (χ2n) is 7.53. The van der Waals surface area contributed by atoms with Gasteiger partial charge in [-0.05, 0) is 55.7 Å². The number of carbonyl (C=O) groups is 1. The van der Waals surface area contributed by atoms with E-state index in [0.717, 1.165) is 25.0 Å². The van der Waals surface area contributed by atoms with Crippen molar-refractivity contribution >= 4 is 39.0 Å². The molecule has 1 fully saturated rings. The maximum atomic E-state index is 13.7. The Kier molecular flexibility index (Phi) is 6.54. The molecule has 0 saturated heterocycles. The van der Waals surface area contributed by atoms with E-state index in [0.29, 0.717) is 18.4 Å². The molecule has 1 saturated carbocycles. The van der Waals surface area contributed by atoms with Gasteiger partial charge in [0.05, 0.1) is 26.7 Å². The Balaban J connectivity index is 1.90. The fraction of sp³-hybridized carbons (Fsp3) is 0.350. The summed E-state index contributed by atoms with van der Waals surface area (Å²) in [6.45, 7) is 1.63. The molecule has 31 heavy (non-hydrogen) atoms. The van der Waals surface area contributed by atoms with Crippen molar-refractivity contribution in [2.24, 2.45) is 5.92 Å². The lowest BCUT2D eigenvalue weighted by atomic mass is 10.1. The fourth-order valence-corrected chi connectivity index (χ4v) is 4.89. The molecular formula is C20H20ClF3N2O4S. The van der Waals surface area contributed by atoms with Crippen molar-refractivity contribution in [1.29, 1.82) is 0 Å². The zero-order chi connectivity index (χ0) is 23.0. The molecule has 0 radical (unpaired) electrons. The van der Waals surface area contributed by atoms with Crippen molar-refractivity contribution in [3.63, 3.8) is 0 Å². The van der Waals surface area contributed by atoms with Gasteiger partial charge >= 0.3 is 12.1 Å². The van der Waals surface area contributed by atoms with Crippen LogP contribution in [0, 0.1) is 5.92 Å². The lowest BCUT2D eigenvalue weighted by Gasteiger charge is -2.19. The number of anilines is 2. The molecule has 1 atom stereocenters. The van der Waals surface area contributed by atoms with Gasteiger partial charge in [0, 0.05) is 11.7 Å². The SMILES string of the molecule is CC(CC1CC1)NS(=O)(=O)c1ccc(Nc2ccc(C(=O)O)cc2Cl)cc1C(F)(F)F. The highest BCUT2D eigenvalue weighted by Gasteiger charge is 2.38. The van der Waals surface area contributed by atoms with Crippen LogP contribution in [-0.4, -0.2) is 25.5 Å². The van der Waals surface area contributed by atoms with Crippen LogP contribution in [0.15, 0.2) is 41.3 Å². The monoisotopic (exact) mass is 476 g/mol. The first-order valence-corrected chi connectivity index (χ1v) is 11.3. The highest BCUT2D eigenvalue weighted by Crippen LogP contribution is 2.38. The smallest absolute Gasteiger partial charge is 0.417 e. The Bertz CT molecular complexity index is 1100. The molecule has 3 N–H and O–H groups in total. The van der Waals surface area contributed by atoms with E-state index in [1.807, 2.05) is 0 Å². The van der Waals surface area contributed by atoms with Gasteiger partial charge in [-0.3, -0.25) is 0 Å². The molecule has 0 amide bonds. The standard InChI is InChI=1S/C20H20ClF3N2O4S/c1-11(8-12-2-3-12)26-31(29,30)18-7-5-14(10-15(18)20(22,23)24)25-17-6-4-13(19(27)28)9-16(17)21/h4-7,9-12,25-26H,2-3,8H2,1H3,(H,27,28). The molecule has 1 aliphatic rings. The highest BCUT2D eigenvalue weighted by atomic mass is 35.5. The minimum absolute atomic E-state index is 0.0132. The molecule has 0 heterocycles. The zero-order valence-electron chi connectivity index (χ0n) is 16.3. The largest absolute Gasteiger partial charge is 0.478 e. The molecule has 2 aromatic rings. The molecule has 0 bridgehead atoms. The summed E-state index contributed by atoms with van der Waals surface area (Å²) in [5.74, 6) is -0.797. The van der Waals surface area contributed by atoms with Gasteiger partial charge in [-0.1, -0.05) is 24.4 Å². The predicted octanol–water partition coefficient (Wildman–Crippen LogP) is 5.27. The summed E-state index contributed by atoms with van der Waals surface area (Å²) in [5, 5.41) is 11.6. The summed E-state index contributed by atoms with van der Waals surface area (Å²) in [6, 6.07) is 5.98. The van der Waals surface area contributed by atoms with Gasteiger partial charge in [0.25, 0.3) is 0 Å². The van der Waals surface area contributed by atoms with Crippen LogP contribution in [0.5, 0.6) is 0 Å². The maximum absolute atomic E-state index is 13.7. The Morgan fingerprint density at radius 2 is 1.90 bits per heavy atom. The van der Waals surface area contributed by atoms with Crippen molar-refractivity contribution in [1.82, 2.24) is 4.72 Å². The molecule has 6 nitrogen and oxygen atoms in total. The number of sulfonamides is 1. The van der Waals surface area contributed by atoms with E-state index in [4.69, 9.17) is 16.7 Å². The first-order valence-electron chi connectivity index (χ1n) is 9.40. The number of halogens is 4. The normalized spacial score (nSPS) is 15.5. The number of alkyl halides is 3. The second kappa shape index (κ2) is 8.68. The number of hydrogen-bond donors (Lipinski definition) is 3. The predicted molar refractivity (Wildman–Crippen MR) is 110 cm³/mol. The third kappa shape index (κ3) is 5.90. The number of benzene rings is 2. The molecule has 0 aliphatic heterocycles. The van der Waals surface area contributed by atoms with Crippen LogP contribution in [0.4, 0.5) is 24.5 Å². The van der Waals surface area contributed by atoms with E-state index >= 15 is 0 Å². The van der Waals surface area contributed by atoms with Crippen LogP contribution >= 0.6 is 11.6 Å². The van der Waals surface area contributed by atoms with Gasteiger partial charge in [-0.2, -0.15) is 13.2 Å². The topological polar surface area (TPSA) is 95.5 Å². The van der Waals surface area contributed by atoms with Crippen LogP contribution in [-0.2, 0) is 16.2 Å². The van der Waals surface area contributed by atoms with Crippen LogP contribution in [0.3, 0.4) is 0 Å². The molecule has 3 rings (SSSR count). The summed E-state index contributed by atoms with van der Waals surface area (Å²) < 4.78 is 68.6. The van der Waals surface area contributed by atoms with Gasteiger partial charge in [-0.25, -0.2) is 17.9 Å². The number of aromatic carboxylic acids is 1. The zero-order valence-corrected chi connectivity index (χ0v) is 17.9. The molecule has 2 aromatic carbocycles. The number of nitrogens with one attached hydrogen (secondary N) is 2. The Morgan fingerprint density at radius 1 is 1.23 bits per heavy atom. The van der Waals surface area contributed by atoms with E-state index in [9.17, 15) is 26.4 Å². The second-order valence-corrected chi connectivity index (χ2v) is 9.62. The fourth-order valence-electron chi connectivity index (χ4n) is 3.20. The lowest BCUT2D eigenvalue weighted by Crippen LogP contribution is -2.34. The van der Waals surface area contributed by atoms with Crippen LogP contribution in [0.25, 0.3) is 0 Å². The Hall–Kier alpha value is -2.30. The molecular weight excluding hydrogens is 457 g/mol.